The van der Waals surface area contributed by atoms with Gasteiger partial charge in [-0.05, 0) is 24.6 Å². The first-order valence-corrected chi connectivity index (χ1v) is 11.6. The molecule has 0 aromatic heterocycles. The van der Waals surface area contributed by atoms with Gasteiger partial charge in [0.1, 0.15) is 48.7 Å². The van der Waals surface area contributed by atoms with Crippen LogP contribution < -0.4 is 4.74 Å². The zero-order valence-corrected chi connectivity index (χ0v) is 19.6. The molecule has 0 aliphatic carbocycles. The Labute approximate surface area is 201 Å². The first kappa shape index (κ1) is 24.7. The van der Waals surface area contributed by atoms with Crippen LogP contribution in [0.15, 0.2) is 60.2 Å². The van der Waals surface area contributed by atoms with Gasteiger partial charge in [-0.1, -0.05) is 49.2 Å². The second-order valence-corrected chi connectivity index (χ2v) is 8.62. The summed E-state index contributed by atoms with van der Waals surface area (Å²) in [5.74, 6) is -0.652. The lowest BCUT2D eigenvalue weighted by Gasteiger charge is -2.44. The number of β-lactam (4-membered cyclic amide) rings is 1. The van der Waals surface area contributed by atoms with E-state index in [2.05, 4.69) is 13.2 Å². The third-order valence-corrected chi connectivity index (χ3v) is 6.58. The number of carbonyl (C=O) groups is 3. The minimum atomic E-state index is -0.890. The smallest absolute Gasteiger partial charge is 0.488 e. The summed E-state index contributed by atoms with van der Waals surface area (Å²) >= 11 is 7.12. The van der Waals surface area contributed by atoms with Crippen molar-refractivity contribution in [3.8, 4) is 5.75 Å². The number of carbonyl (C=O) groups excluding carboxylic acids is 3. The van der Waals surface area contributed by atoms with E-state index in [1.165, 1.54) is 28.8 Å². The molecule has 2 aliphatic heterocycles. The van der Waals surface area contributed by atoms with Gasteiger partial charge in [0.2, 0.25) is 5.91 Å². The largest absolute Gasteiger partial charge is 0.508 e. The van der Waals surface area contributed by atoms with Gasteiger partial charge in [-0.25, -0.2) is 9.59 Å². The Morgan fingerprint density at radius 2 is 1.85 bits per heavy atom. The maximum atomic E-state index is 12.9. The number of benzene rings is 1. The Kier molecular flexibility index (Phi) is 8.46. The van der Waals surface area contributed by atoms with Gasteiger partial charge in [-0.3, -0.25) is 9.69 Å². The van der Waals surface area contributed by atoms with Gasteiger partial charge in [-0.15, -0.1) is 11.6 Å². The van der Waals surface area contributed by atoms with Crippen molar-refractivity contribution in [2.75, 3.05) is 19.8 Å². The van der Waals surface area contributed by atoms with E-state index in [0.29, 0.717) is 16.5 Å². The van der Waals surface area contributed by atoms with Gasteiger partial charge in [0, 0.05) is 5.88 Å². The fourth-order valence-electron chi connectivity index (χ4n) is 3.35. The summed E-state index contributed by atoms with van der Waals surface area (Å²) < 4.78 is 21.1. The molecule has 0 unspecified atom stereocenters. The van der Waals surface area contributed by atoms with Crippen LogP contribution in [-0.4, -0.2) is 54.2 Å². The molecule has 8 nitrogen and oxygen atoms in total. The Bertz CT molecular complexity index is 962. The first-order chi connectivity index (χ1) is 15.9. The number of ether oxygens (including phenoxy) is 4. The Balaban J connectivity index is 1.73. The van der Waals surface area contributed by atoms with Gasteiger partial charge < -0.3 is 18.9 Å². The fraction of sp³-hybridized carbons (Fsp3) is 0.348. The first-order valence-electron chi connectivity index (χ1n) is 10.1. The maximum absolute atomic E-state index is 12.9. The number of hydrogen-bond acceptors (Lipinski definition) is 8. The number of amides is 1. The number of thioether (sulfide) groups is 1. The van der Waals surface area contributed by atoms with Crippen LogP contribution in [0.3, 0.4) is 0 Å². The van der Waals surface area contributed by atoms with E-state index in [-0.39, 0.29) is 31.4 Å². The molecule has 1 aromatic carbocycles. The number of halogens is 1. The molecule has 10 heteroatoms. The molecule has 176 valence electrons. The van der Waals surface area contributed by atoms with Crippen molar-refractivity contribution >= 4 is 41.4 Å². The second-order valence-electron chi connectivity index (χ2n) is 7.14. The summed E-state index contributed by atoms with van der Waals surface area (Å²) in [5.41, 5.74) is 1.08. The molecular weight excluding hydrogens is 470 g/mol. The highest BCUT2D eigenvalue weighted by molar-refractivity contribution is 8.04. The lowest BCUT2D eigenvalue weighted by molar-refractivity contribution is -0.158. The highest BCUT2D eigenvalue weighted by atomic mass is 35.5. The van der Waals surface area contributed by atoms with E-state index in [1.807, 2.05) is 12.1 Å². The summed E-state index contributed by atoms with van der Waals surface area (Å²) in [7, 11) is 0. The molecule has 1 aromatic rings. The van der Waals surface area contributed by atoms with E-state index >= 15 is 0 Å². The normalized spacial score (nSPS) is 19.8. The van der Waals surface area contributed by atoms with Gasteiger partial charge in [-0.2, -0.15) is 0 Å². The molecule has 0 saturated carbocycles. The Morgan fingerprint density at radius 1 is 1.18 bits per heavy atom. The Hall–Kier alpha value is -2.91. The van der Waals surface area contributed by atoms with E-state index < -0.39 is 29.5 Å². The summed E-state index contributed by atoms with van der Waals surface area (Å²) in [4.78, 5) is 39.3. The highest BCUT2D eigenvalue weighted by Gasteiger charge is 2.59. The van der Waals surface area contributed by atoms with Crippen LogP contribution in [-0.2, 0) is 29.7 Å². The number of hydrogen-bond donors (Lipinski definition) is 0. The average Bonchev–Trinajstić information content (AvgIpc) is 3.14. The molecule has 1 saturated heterocycles. The standard InChI is InChI=1S/C23H24ClNO7S/c1-4-10-29-22(27)19-17(13-31-16-8-6-15(12-24)7-9-16)33-21-18(20(26)25(19)21)14(3)32-23(28)30-11-5-2/h4-9,14,18,21H,1-2,10-13H2,3H3/t14-,18+,21-/m1/s1. The lowest BCUT2D eigenvalue weighted by Crippen LogP contribution is -2.61. The summed E-state index contributed by atoms with van der Waals surface area (Å²) in [6, 6.07) is 7.24. The van der Waals surface area contributed by atoms with E-state index in [1.54, 1.807) is 19.1 Å². The predicted octanol–water partition coefficient (Wildman–Crippen LogP) is 4.00. The van der Waals surface area contributed by atoms with Crippen LogP contribution in [0.25, 0.3) is 0 Å². The van der Waals surface area contributed by atoms with E-state index in [4.69, 9.17) is 30.5 Å². The summed E-state index contributed by atoms with van der Waals surface area (Å²) in [6.45, 7) is 8.68. The van der Waals surface area contributed by atoms with Crippen LogP contribution in [0.1, 0.15) is 12.5 Å². The van der Waals surface area contributed by atoms with Gasteiger partial charge in [0.05, 0.1) is 4.91 Å². The van der Waals surface area contributed by atoms with Crippen molar-refractivity contribution in [3.63, 3.8) is 0 Å². The number of nitrogens with zero attached hydrogens (tertiary/aromatic N) is 1. The number of rotatable bonds is 11. The fourth-order valence-corrected chi connectivity index (χ4v) is 5.03. The topological polar surface area (TPSA) is 91.4 Å². The van der Waals surface area contributed by atoms with Crippen molar-refractivity contribution in [1.82, 2.24) is 4.90 Å². The van der Waals surface area contributed by atoms with Crippen LogP contribution in [0.2, 0.25) is 0 Å². The van der Waals surface area contributed by atoms with Gasteiger partial charge in [0.25, 0.3) is 0 Å². The Morgan fingerprint density at radius 3 is 2.48 bits per heavy atom. The third-order valence-electron chi connectivity index (χ3n) is 4.93. The molecule has 2 aliphatic rings. The number of alkyl halides is 1. The average molecular weight is 494 g/mol. The third kappa shape index (κ3) is 5.54. The molecule has 33 heavy (non-hydrogen) atoms. The number of esters is 1. The van der Waals surface area contributed by atoms with Crippen molar-refractivity contribution < 1.29 is 33.3 Å². The van der Waals surface area contributed by atoms with Gasteiger partial charge >= 0.3 is 12.1 Å². The minimum Gasteiger partial charge on any atom is -0.488 e. The van der Waals surface area contributed by atoms with Crippen LogP contribution in [0.4, 0.5) is 4.79 Å². The molecule has 3 rings (SSSR count). The van der Waals surface area contributed by atoms with E-state index in [0.717, 1.165) is 5.56 Å². The summed E-state index contributed by atoms with van der Waals surface area (Å²) in [6.07, 6.45) is 1.21. The minimum absolute atomic E-state index is 0.00266. The molecule has 0 bridgehead atoms. The lowest BCUT2D eigenvalue weighted by atomic mass is 9.92. The van der Waals surface area contributed by atoms with E-state index in [9.17, 15) is 14.4 Å². The predicted molar refractivity (Wildman–Crippen MR) is 123 cm³/mol. The van der Waals surface area contributed by atoms with Crippen LogP contribution >= 0.6 is 23.4 Å². The molecule has 0 N–H and O–H groups in total. The van der Waals surface area contributed by atoms with Crippen molar-refractivity contribution in [2.45, 2.75) is 24.3 Å². The SMILES string of the molecule is C=CCOC(=O)O[C@H](C)[C@H]1C(=O)N2C(C(=O)OCC=C)=C(COc3ccc(CCl)cc3)S[C@H]12. The maximum Gasteiger partial charge on any atom is 0.508 e. The highest BCUT2D eigenvalue weighted by Crippen LogP contribution is 2.51. The zero-order chi connectivity index (χ0) is 24.0. The molecule has 0 spiro atoms. The quantitative estimate of drug-likeness (QED) is 0.198. The van der Waals surface area contributed by atoms with Gasteiger partial charge in [0.15, 0.2) is 0 Å². The van der Waals surface area contributed by atoms with Crippen molar-refractivity contribution in [3.05, 3.63) is 65.7 Å². The molecule has 1 fully saturated rings. The van der Waals surface area contributed by atoms with Crippen LogP contribution in [0, 0.1) is 5.92 Å². The second kappa shape index (κ2) is 11.3. The molecule has 3 atom stereocenters. The summed E-state index contributed by atoms with van der Waals surface area (Å²) in [5, 5.41) is -0.428. The van der Waals surface area contributed by atoms with Crippen molar-refractivity contribution in [1.29, 1.82) is 0 Å². The molecule has 2 heterocycles. The monoisotopic (exact) mass is 493 g/mol. The molecular formula is C23H24ClNO7S. The molecule has 1 amide bonds. The number of fused-ring (bicyclic) bond motifs is 1. The van der Waals surface area contributed by atoms with Crippen molar-refractivity contribution in [2.24, 2.45) is 5.92 Å². The molecule has 0 radical (unpaired) electrons. The zero-order valence-electron chi connectivity index (χ0n) is 18.0. The van der Waals surface area contributed by atoms with Crippen LogP contribution in [0.5, 0.6) is 5.75 Å².